The van der Waals surface area contributed by atoms with Crippen molar-refractivity contribution >= 4 is 28.3 Å². The molecule has 82 valence electrons. The molecule has 1 aromatic heterocycles. The second-order valence-electron chi connectivity index (χ2n) is 3.29. The number of nitrogens with zero attached hydrogens (tertiary/aromatic N) is 1. The highest BCUT2D eigenvalue weighted by molar-refractivity contribution is 14.1. The molecule has 0 aliphatic heterocycles. The molecule has 1 aromatic carbocycles. The maximum absolute atomic E-state index is 5.76. The van der Waals surface area contributed by atoms with E-state index in [1.165, 1.54) is 0 Å². The zero-order chi connectivity index (χ0) is 11.4. The predicted octanol–water partition coefficient (Wildman–Crippen LogP) is 2.85. The van der Waals surface area contributed by atoms with Crippen LogP contribution in [-0.2, 0) is 6.61 Å². The molecule has 0 radical (unpaired) electrons. The molecule has 0 atom stereocenters. The molecule has 3 nitrogen and oxygen atoms in total. The minimum absolute atomic E-state index is 0.507. The van der Waals surface area contributed by atoms with Crippen LogP contribution in [0.1, 0.15) is 5.56 Å². The first kappa shape index (κ1) is 11.2. The highest BCUT2D eigenvalue weighted by atomic mass is 127. The molecule has 0 fully saturated rings. The highest BCUT2D eigenvalue weighted by Gasteiger charge is 2.05. The van der Waals surface area contributed by atoms with E-state index in [-0.39, 0.29) is 0 Å². The summed E-state index contributed by atoms with van der Waals surface area (Å²) in [6.45, 7) is 0.507. The van der Waals surface area contributed by atoms with Crippen molar-refractivity contribution in [3.05, 3.63) is 51.7 Å². The number of hydrogen-bond acceptors (Lipinski definition) is 3. The Balaban J connectivity index is 2.08. The first-order valence-electron chi connectivity index (χ1n) is 4.84. The maximum atomic E-state index is 5.76. The molecule has 16 heavy (non-hydrogen) atoms. The minimum Gasteiger partial charge on any atom is -0.472 e. The van der Waals surface area contributed by atoms with Gasteiger partial charge in [-0.3, -0.25) is 0 Å². The smallest absolute Gasteiger partial charge is 0.229 e. The highest BCUT2D eigenvalue weighted by Crippen LogP contribution is 2.23. The van der Waals surface area contributed by atoms with Gasteiger partial charge in [-0.2, -0.15) is 0 Å². The Morgan fingerprint density at radius 1 is 1.19 bits per heavy atom. The molecule has 1 heterocycles. The van der Waals surface area contributed by atoms with Gasteiger partial charge in [0.05, 0.1) is 9.26 Å². The van der Waals surface area contributed by atoms with E-state index in [2.05, 4.69) is 27.6 Å². The van der Waals surface area contributed by atoms with Crippen LogP contribution in [0.2, 0.25) is 0 Å². The zero-order valence-corrected chi connectivity index (χ0v) is 10.7. The predicted molar refractivity (Wildman–Crippen MR) is 72.1 cm³/mol. The SMILES string of the molecule is Nc1ccnc(OCc2ccccc2)c1I. The third kappa shape index (κ3) is 2.63. The topological polar surface area (TPSA) is 48.1 Å². The minimum atomic E-state index is 0.507. The van der Waals surface area contributed by atoms with Crippen molar-refractivity contribution in [1.29, 1.82) is 0 Å². The normalized spacial score (nSPS) is 10.1. The number of benzene rings is 1. The third-order valence-corrected chi connectivity index (χ3v) is 3.19. The van der Waals surface area contributed by atoms with E-state index in [0.29, 0.717) is 18.2 Å². The Morgan fingerprint density at radius 2 is 1.94 bits per heavy atom. The number of nitrogens with two attached hydrogens (primary N) is 1. The zero-order valence-electron chi connectivity index (χ0n) is 8.56. The van der Waals surface area contributed by atoms with E-state index in [1.54, 1.807) is 12.3 Å². The summed E-state index contributed by atoms with van der Waals surface area (Å²) in [6, 6.07) is 11.7. The lowest BCUT2D eigenvalue weighted by atomic mass is 10.2. The monoisotopic (exact) mass is 326 g/mol. The number of ether oxygens (including phenoxy) is 1. The summed E-state index contributed by atoms with van der Waals surface area (Å²) in [4.78, 5) is 4.14. The van der Waals surface area contributed by atoms with Crippen LogP contribution in [0.4, 0.5) is 5.69 Å². The van der Waals surface area contributed by atoms with Gasteiger partial charge in [-0.15, -0.1) is 0 Å². The van der Waals surface area contributed by atoms with Crippen molar-refractivity contribution in [3.63, 3.8) is 0 Å². The van der Waals surface area contributed by atoms with Gasteiger partial charge in [0.25, 0.3) is 0 Å². The van der Waals surface area contributed by atoms with Gasteiger partial charge in [-0.1, -0.05) is 30.3 Å². The van der Waals surface area contributed by atoms with E-state index >= 15 is 0 Å². The number of halogens is 1. The fourth-order valence-electron chi connectivity index (χ4n) is 1.27. The van der Waals surface area contributed by atoms with E-state index < -0.39 is 0 Å². The number of rotatable bonds is 3. The van der Waals surface area contributed by atoms with Gasteiger partial charge in [-0.25, -0.2) is 4.98 Å². The molecule has 2 rings (SSSR count). The quantitative estimate of drug-likeness (QED) is 0.883. The molecular weight excluding hydrogens is 315 g/mol. The van der Waals surface area contributed by atoms with Crippen molar-refractivity contribution in [3.8, 4) is 5.88 Å². The number of pyridine rings is 1. The summed E-state index contributed by atoms with van der Waals surface area (Å²) < 4.78 is 6.46. The summed E-state index contributed by atoms with van der Waals surface area (Å²) >= 11 is 2.14. The van der Waals surface area contributed by atoms with Crippen LogP contribution >= 0.6 is 22.6 Å². The van der Waals surface area contributed by atoms with Crippen molar-refractivity contribution < 1.29 is 4.74 Å². The van der Waals surface area contributed by atoms with E-state index in [9.17, 15) is 0 Å². The third-order valence-electron chi connectivity index (χ3n) is 2.11. The van der Waals surface area contributed by atoms with Crippen molar-refractivity contribution in [2.75, 3.05) is 5.73 Å². The van der Waals surface area contributed by atoms with Gasteiger partial charge in [-0.05, 0) is 34.2 Å². The van der Waals surface area contributed by atoms with Crippen LogP contribution in [0.15, 0.2) is 42.6 Å². The van der Waals surface area contributed by atoms with Crippen molar-refractivity contribution in [2.45, 2.75) is 6.61 Å². The van der Waals surface area contributed by atoms with Crippen LogP contribution in [0.3, 0.4) is 0 Å². The Hall–Kier alpha value is -1.30. The van der Waals surface area contributed by atoms with Crippen molar-refractivity contribution in [1.82, 2.24) is 4.98 Å². The first-order chi connectivity index (χ1) is 7.77. The lowest BCUT2D eigenvalue weighted by molar-refractivity contribution is 0.292. The van der Waals surface area contributed by atoms with Gasteiger partial charge in [0, 0.05) is 6.20 Å². The molecule has 2 N–H and O–H groups in total. The summed E-state index contributed by atoms with van der Waals surface area (Å²) in [5.74, 6) is 0.587. The molecule has 2 aromatic rings. The number of nitrogen functional groups attached to an aromatic ring is 1. The summed E-state index contributed by atoms with van der Waals surface area (Å²) in [5, 5.41) is 0. The summed E-state index contributed by atoms with van der Waals surface area (Å²) in [6.07, 6.45) is 1.65. The Bertz CT molecular complexity index is 474. The molecule has 0 amide bonds. The van der Waals surface area contributed by atoms with E-state index in [4.69, 9.17) is 10.5 Å². The molecule has 0 spiro atoms. The first-order valence-corrected chi connectivity index (χ1v) is 5.92. The molecule has 0 aliphatic rings. The van der Waals surface area contributed by atoms with Gasteiger partial charge in [0.2, 0.25) is 5.88 Å². The Labute approximate surface area is 108 Å². The number of hydrogen-bond donors (Lipinski definition) is 1. The van der Waals surface area contributed by atoms with Crippen molar-refractivity contribution in [2.24, 2.45) is 0 Å². The molecule has 0 aliphatic carbocycles. The van der Waals surface area contributed by atoms with E-state index in [1.807, 2.05) is 30.3 Å². The van der Waals surface area contributed by atoms with Gasteiger partial charge < -0.3 is 10.5 Å². The van der Waals surface area contributed by atoms with Gasteiger partial charge in [0.1, 0.15) is 6.61 Å². The summed E-state index contributed by atoms with van der Waals surface area (Å²) in [5.41, 5.74) is 7.57. The molecule has 4 heteroatoms. The fraction of sp³-hybridized carbons (Fsp3) is 0.0833. The molecule has 0 saturated heterocycles. The molecule has 0 unspecified atom stereocenters. The van der Waals surface area contributed by atoms with Crippen LogP contribution in [0, 0.1) is 3.57 Å². The standard InChI is InChI=1S/C12H11IN2O/c13-11-10(14)6-7-15-12(11)16-8-9-4-2-1-3-5-9/h1-7H,8H2,(H2,14,15). The van der Waals surface area contributed by atoms with E-state index in [0.717, 1.165) is 9.13 Å². The number of aromatic nitrogens is 1. The lowest BCUT2D eigenvalue weighted by Crippen LogP contribution is -2.01. The van der Waals surface area contributed by atoms with Gasteiger partial charge in [0.15, 0.2) is 0 Å². The van der Waals surface area contributed by atoms with Gasteiger partial charge >= 0.3 is 0 Å². The second kappa shape index (κ2) is 5.16. The molecular formula is C12H11IN2O. The lowest BCUT2D eigenvalue weighted by Gasteiger charge is -2.08. The Kier molecular flexibility index (Phi) is 3.61. The average molecular weight is 326 g/mol. The fourth-order valence-corrected chi connectivity index (χ4v) is 1.74. The second-order valence-corrected chi connectivity index (χ2v) is 4.37. The van der Waals surface area contributed by atoms with Crippen LogP contribution in [0.5, 0.6) is 5.88 Å². The average Bonchev–Trinajstić information content (AvgIpc) is 2.32. The molecule has 0 saturated carbocycles. The molecule has 0 bridgehead atoms. The maximum Gasteiger partial charge on any atom is 0.229 e. The van der Waals surface area contributed by atoms with Crippen LogP contribution in [0.25, 0.3) is 0 Å². The Morgan fingerprint density at radius 3 is 2.69 bits per heavy atom. The largest absolute Gasteiger partial charge is 0.472 e. The summed E-state index contributed by atoms with van der Waals surface area (Å²) in [7, 11) is 0. The number of anilines is 1. The van der Waals surface area contributed by atoms with Crippen LogP contribution < -0.4 is 10.5 Å². The van der Waals surface area contributed by atoms with Crippen LogP contribution in [-0.4, -0.2) is 4.98 Å².